The fourth-order valence-corrected chi connectivity index (χ4v) is 7.67. The molecule has 1 saturated heterocycles. The van der Waals surface area contributed by atoms with E-state index in [1.807, 2.05) is 6.92 Å². The molecule has 0 spiro atoms. The van der Waals surface area contributed by atoms with Gasteiger partial charge in [-0.25, -0.2) is 8.42 Å². The molecule has 5 rings (SSSR count). The molecule has 1 amide bonds. The van der Waals surface area contributed by atoms with Gasteiger partial charge in [-0.3, -0.25) is 4.79 Å². The second kappa shape index (κ2) is 6.50. The first-order valence-corrected chi connectivity index (χ1v) is 11.3. The molecule has 5 aliphatic rings. The number of nitrogens with one attached hydrogen (secondary N) is 1. The standard InChI is InChI=1S/C18H30N2O4S/c1-13-12-24-4-3-20(13)25(22,23)5-2-19-17(21)18-9-14-6-15(10-18)8-16(7-14)11-18/h13-16H,2-12H2,1H3,(H,19,21). The highest BCUT2D eigenvalue weighted by Crippen LogP contribution is 2.60. The lowest BCUT2D eigenvalue weighted by atomic mass is 9.49. The maximum absolute atomic E-state index is 12.9. The van der Waals surface area contributed by atoms with Crippen molar-refractivity contribution in [3.63, 3.8) is 0 Å². The van der Waals surface area contributed by atoms with E-state index < -0.39 is 10.0 Å². The number of carbonyl (C=O) groups excluding carboxylic acids is 1. The zero-order chi connectivity index (χ0) is 17.7. The average Bonchev–Trinajstić information content (AvgIpc) is 2.53. The SMILES string of the molecule is CC1COCCN1S(=O)(=O)CCNC(=O)C12CC3CC(CC(C3)C1)C2. The summed E-state index contributed by atoms with van der Waals surface area (Å²) in [5.41, 5.74) is -0.204. The maximum Gasteiger partial charge on any atom is 0.226 e. The summed E-state index contributed by atoms with van der Waals surface area (Å²) in [7, 11) is -3.35. The molecule has 4 aliphatic carbocycles. The monoisotopic (exact) mass is 370 g/mol. The molecule has 1 unspecified atom stereocenters. The Bertz CT molecular complexity index is 598. The molecule has 7 heteroatoms. The molecule has 1 N–H and O–H groups in total. The Hall–Kier alpha value is -0.660. The van der Waals surface area contributed by atoms with Gasteiger partial charge in [0.05, 0.1) is 19.0 Å². The summed E-state index contributed by atoms with van der Waals surface area (Å²) in [6.07, 6.45) is 6.94. The number of rotatable bonds is 5. The van der Waals surface area contributed by atoms with Crippen molar-refractivity contribution in [2.24, 2.45) is 23.2 Å². The van der Waals surface area contributed by atoms with Crippen LogP contribution in [0.25, 0.3) is 0 Å². The van der Waals surface area contributed by atoms with Gasteiger partial charge in [0.15, 0.2) is 0 Å². The fourth-order valence-electron chi connectivity index (χ4n) is 6.11. The predicted molar refractivity (Wildman–Crippen MR) is 94.4 cm³/mol. The Balaban J connectivity index is 1.33. The van der Waals surface area contributed by atoms with Gasteiger partial charge in [-0.05, 0) is 63.2 Å². The molecule has 4 saturated carbocycles. The first-order valence-electron chi connectivity index (χ1n) is 9.73. The first-order chi connectivity index (χ1) is 11.9. The second-order valence-corrected chi connectivity index (χ2v) is 10.8. The van der Waals surface area contributed by atoms with Crippen LogP contribution in [0, 0.1) is 23.2 Å². The summed E-state index contributed by atoms with van der Waals surface area (Å²) in [5.74, 6) is 2.24. The van der Waals surface area contributed by atoms with E-state index in [9.17, 15) is 13.2 Å². The van der Waals surface area contributed by atoms with Crippen LogP contribution in [0.4, 0.5) is 0 Å². The number of ether oxygens (including phenoxy) is 1. The molecule has 4 bridgehead atoms. The van der Waals surface area contributed by atoms with E-state index in [1.165, 1.54) is 23.6 Å². The van der Waals surface area contributed by atoms with Crippen molar-refractivity contribution in [2.45, 2.75) is 51.5 Å². The van der Waals surface area contributed by atoms with Crippen LogP contribution in [0.5, 0.6) is 0 Å². The van der Waals surface area contributed by atoms with Gasteiger partial charge in [-0.1, -0.05) is 0 Å². The van der Waals surface area contributed by atoms with Crippen molar-refractivity contribution in [1.82, 2.24) is 9.62 Å². The quantitative estimate of drug-likeness (QED) is 0.793. The molecule has 0 aromatic carbocycles. The van der Waals surface area contributed by atoms with Gasteiger partial charge in [0, 0.05) is 24.5 Å². The molecule has 1 heterocycles. The van der Waals surface area contributed by atoms with Crippen LogP contribution in [-0.4, -0.2) is 56.7 Å². The van der Waals surface area contributed by atoms with E-state index in [2.05, 4.69) is 5.32 Å². The maximum atomic E-state index is 12.9. The minimum absolute atomic E-state index is 0.0184. The highest BCUT2D eigenvalue weighted by Gasteiger charge is 2.54. The van der Waals surface area contributed by atoms with Crippen molar-refractivity contribution >= 4 is 15.9 Å². The van der Waals surface area contributed by atoms with Crippen LogP contribution in [0.2, 0.25) is 0 Å². The van der Waals surface area contributed by atoms with Gasteiger partial charge in [0.1, 0.15) is 0 Å². The van der Waals surface area contributed by atoms with Crippen molar-refractivity contribution in [1.29, 1.82) is 0 Å². The molecular weight excluding hydrogens is 340 g/mol. The van der Waals surface area contributed by atoms with E-state index in [4.69, 9.17) is 4.74 Å². The molecular formula is C18H30N2O4S. The number of carbonyl (C=O) groups is 1. The lowest BCUT2D eigenvalue weighted by molar-refractivity contribution is -0.146. The van der Waals surface area contributed by atoms with E-state index in [1.54, 1.807) is 0 Å². The Morgan fingerprint density at radius 2 is 1.76 bits per heavy atom. The molecule has 5 fully saturated rings. The highest BCUT2D eigenvalue weighted by molar-refractivity contribution is 7.89. The van der Waals surface area contributed by atoms with E-state index >= 15 is 0 Å². The third kappa shape index (κ3) is 3.35. The molecule has 0 aromatic heterocycles. The first kappa shape index (κ1) is 17.7. The third-order valence-electron chi connectivity index (χ3n) is 6.83. The number of hydrogen-bond acceptors (Lipinski definition) is 4. The third-order valence-corrected chi connectivity index (χ3v) is 8.81. The second-order valence-electron chi connectivity index (χ2n) is 8.80. The molecule has 6 nitrogen and oxygen atoms in total. The van der Waals surface area contributed by atoms with Crippen molar-refractivity contribution < 1.29 is 17.9 Å². The van der Waals surface area contributed by atoms with Gasteiger partial charge in [-0.15, -0.1) is 0 Å². The summed E-state index contributed by atoms with van der Waals surface area (Å²) in [5, 5.41) is 2.97. The molecule has 0 radical (unpaired) electrons. The summed E-state index contributed by atoms with van der Waals surface area (Å²) in [6.45, 7) is 3.38. The average molecular weight is 371 g/mol. The predicted octanol–water partition coefficient (Wildman–Crippen LogP) is 1.37. The Morgan fingerprint density at radius 1 is 1.16 bits per heavy atom. The van der Waals surface area contributed by atoms with Crippen LogP contribution in [-0.2, 0) is 19.6 Å². The fraction of sp³-hybridized carbons (Fsp3) is 0.944. The molecule has 1 aliphatic heterocycles. The number of nitrogens with zero attached hydrogens (tertiary/aromatic N) is 1. The van der Waals surface area contributed by atoms with Crippen molar-refractivity contribution in [3.05, 3.63) is 0 Å². The van der Waals surface area contributed by atoms with Crippen molar-refractivity contribution in [3.8, 4) is 0 Å². The van der Waals surface area contributed by atoms with Crippen LogP contribution in [0.3, 0.4) is 0 Å². The topological polar surface area (TPSA) is 75.7 Å². The number of sulfonamides is 1. The summed E-state index contributed by atoms with van der Waals surface area (Å²) in [6, 6.07) is -0.127. The van der Waals surface area contributed by atoms with Crippen LogP contribution < -0.4 is 5.32 Å². The van der Waals surface area contributed by atoms with Gasteiger partial charge in [0.2, 0.25) is 15.9 Å². The molecule has 1 atom stereocenters. The van der Waals surface area contributed by atoms with Crippen LogP contribution in [0.1, 0.15) is 45.4 Å². The smallest absolute Gasteiger partial charge is 0.226 e. The van der Waals surface area contributed by atoms with E-state index in [-0.39, 0.29) is 29.7 Å². The minimum Gasteiger partial charge on any atom is -0.378 e. The number of morpholine rings is 1. The van der Waals surface area contributed by atoms with Crippen LogP contribution in [0.15, 0.2) is 0 Å². The Morgan fingerprint density at radius 3 is 2.32 bits per heavy atom. The zero-order valence-electron chi connectivity index (χ0n) is 15.1. The highest BCUT2D eigenvalue weighted by atomic mass is 32.2. The Labute approximate surface area is 150 Å². The number of hydrogen-bond donors (Lipinski definition) is 1. The summed E-state index contributed by atoms with van der Waals surface area (Å²) in [4.78, 5) is 12.9. The van der Waals surface area contributed by atoms with Crippen LogP contribution >= 0.6 is 0 Å². The van der Waals surface area contributed by atoms with E-state index in [0.717, 1.165) is 37.0 Å². The minimum atomic E-state index is -3.35. The zero-order valence-corrected chi connectivity index (χ0v) is 15.9. The lowest BCUT2D eigenvalue weighted by Gasteiger charge is -2.55. The molecule has 142 valence electrons. The lowest BCUT2D eigenvalue weighted by Crippen LogP contribution is -2.54. The summed E-state index contributed by atoms with van der Waals surface area (Å²) >= 11 is 0. The Kier molecular flexibility index (Phi) is 4.61. The van der Waals surface area contributed by atoms with Gasteiger partial charge >= 0.3 is 0 Å². The van der Waals surface area contributed by atoms with Gasteiger partial charge in [-0.2, -0.15) is 4.31 Å². The normalized spacial score (nSPS) is 41.0. The molecule has 25 heavy (non-hydrogen) atoms. The summed E-state index contributed by atoms with van der Waals surface area (Å²) < 4.78 is 31.9. The van der Waals surface area contributed by atoms with Gasteiger partial charge < -0.3 is 10.1 Å². The van der Waals surface area contributed by atoms with E-state index in [0.29, 0.717) is 19.8 Å². The van der Waals surface area contributed by atoms with Crippen molar-refractivity contribution in [2.75, 3.05) is 32.1 Å². The number of amides is 1. The largest absolute Gasteiger partial charge is 0.378 e. The van der Waals surface area contributed by atoms with Gasteiger partial charge in [0.25, 0.3) is 0 Å². The molecule has 0 aromatic rings.